The van der Waals surface area contributed by atoms with E-state index in [1.807, 2.05) is 39.9 Å². The Hall–Kier alpha value is -2.49. The number of methoxy groups -OCH3 is 1. The van der Waals surface area contributed by atoms with Gasteiger partial charge in [0.25, 0.3) is 0 Å². The topological polar surface area (TPSA) is 147 Å². The standard InChI is InChI=1S/C19H26N5O5P/c1-29-15-4-2-14(3-5-15)16-12-24(19-17(16)18(20)21-13-22-19)7-6-23(8-10-25)9-11-30(26,27)28/h2-5,12-13,25H,6-11H2,1H3,(H2,20,21,22)(H2,26,27,28). The zero-order valence-corrected chi connectivity index (χ0v) is 17.6. The maximum Gasteiger partial charge on any atom is 0.326 e. The van der Waals surface area contributed by atoms with Crippen molar-refractivity contribution in [3.63, 3.8) is 0 Å². The summed E-state index contributed by atoms with van der Waals surface area (Å²) < 4.78 is 18.4. The van der Waals surface area contributed by atoms with E-state index in [2.05, 4.69) is 9.97 Å². The fourth-order valence-electron chi connectivity index (χ4n) is 3.30. The fraction of sp³-hybridized carbons (Fsp3) is 0.368. The molecule has 0 unspecified atom stereocenters. The molecule has 2 aromatic heterocycles. The molecule has 0 saturated carbocycles. The van der Waals surface area contributed by atoms with E-state index in [0.29, 0.717) is 31.1 Å². The van der Waals surface area contributed by atoms with Gasteiger partial charge in [0.05, 0.1) is 25.3 Å². The quantitative estimate of drug-likeness (QED) is 0.344. The molecule has 0 radical (unpaired) electrons. The molecule has 162 valence electrons. The van der Waals surface area contributed by atoms with Crippen LogP contribution >= 0.6 is 7.60 Å². The van der Waals surface area contributed by atoms with Gasteiger partial charge in [-0.25, -0.2) is 9.97 Å². The number of nitrogens with two attached hydrogens (primary N) is 1. The van der Waals surface area contributed by atoms with Crippen LogP contribution in [0.1, 0.15) is 0 Å². The van der Waals surface area contributed by atoms with Gasteiger partial charge in [-0.2, -0.15) is 0 Å². The fourth-order valence-corrected chi connectivity index (χ4v) is 3.85. The Morgan fingerprint density at radius 3 is 2.53 bits per heavy atom. The average molecular weight is 435 g/mol. The molecule has 1 aromatic carbocycles. The van der Waals surface area contributed by atoms with Crippen molar-refractivity contribution in [2.45, 2.75) is 6.54 Å². The minimum Gasteiger partial charge on any atom is -0.497 e. The minimum absolute atomic E-state index is 0.0974. The monoisotopic (exact) mass is 435 g/mol. The lowest BCUT2D eigenvalue weighted by Gasteiger charge is -2.21. The molecule has 3 rings (SSSR count). The third-order valence-electron chi connectivity index (χ3n) is 4.86. The van der Waals surface area contributed by atoms with Crippen molar-refractivity contribution in [1.29, 1.82) is 0 Å². The molecule has 0 aliphatic rings. The highest BCUT2D eigenvalue weighted by Crippen LogP contribution is 2.34. The van der Waals surface area contributed by atoms with Crippen LogP contribution < -0.4 is 10.5 Å². The number of aliphatic hydroxyl groups is 1. The van der Waals surface area contributed by atoms with Crippen molar-refractivity contribution >= 4 is 24.4 Å². The van der Waals surface area contributed by atoms with Crippen LogP contribution in [0.25, 0.3) is 22.2 Å². The average Bonchev–Trinajstić information content (AvgIpc) is 3.09. The first kappa shape index (κ1) is 22.2. The molecule has 11 heteroatoms. The van der Waals surface area contributed by atoms with Crippen LogP contribution in [-0.4, -0.2) is 73.8 Å². The molecular formula is C19H26N5O5P. The number of hydrogen-bond acceptors (Lipinski definition) is 7. The van der Waals surface area contributed by atoms with Crippen LogP contribution in [-0.2, 0) is 11.1 Å². The van der Waals surface area contributed by atoms with E-state index in [1.165, 1.54) is 6.33 Å². The number of ether oxygens (including phenoxy) is 1. The number of nitrogen functional groups attached to an aromatic ring is 1. The number of benzene rings is 1. The van der Waals surface area contributed by atoms with Crippen LogP contribution in [0, 0.1) is 0 Å². The van der Waals surface area contributed by atoms with Gasteiger partial charge in [-0.05, 0) is 17.7 Å². The molecule has 3 aromatic rings. The Bertz CT molecular complexity index is 1030. The number of aliphatic hydroxyl groups excluding tert-OH is 1. The molecular weight excluding hydrogens is 409 g/mol. The summed E-state index contributed by atoms with van der Waals surface area (Å²) in [7, 11) is -2.50. The summed E-state index contributed by atoms with van der Waals surface area (Å²) in [6, 6.07) is 7.60. The first-order valence-corrected chi connectivity index (χ1v) is 11.2. The molecule has 0 atom stereocenters. The van der Waals surface area contributed by atoms with Crippen molar-refractivity contribution in [2.24, 2.45) is 0 Å². The molecule has 0 saturated heterocycles. The van der Waals surface area contributed by atoms with Crippen LogP contribution in [0.15, 0.2) is 36.8 Å². The summed E-state index contributed by atoms with van der Waals surface area (Å²) in [4.78, 5) is 28.6. The summed E-state index contributed by atoms with van der Waals surface area (Å²) >= 11 is 0. The molecule has 0 bridgehead atoms. The van der Waals surface area contributed by atoms with Gasteiger partial charge >= 0.3 is 7.60 Å². The predicted octanol–water partition coefficient (Wildman–Crippen LogP) is 1.16. The van der Waals surface area contributed by atoms with Gasteiger partial charge in [-0.3, -0.25) is 9.46 Å². The van der Waals surface area contributed by atoms with Crippen molar-refractivity contribution in [3.8, 4) is 16.9 Å². The van der Waals surface area contributed by atoms with Gasteiger partial charge in [0.2, 0.25) is 0 Å². The first-order valence-electron chi connectivity index (χ1n) is 9.44. The highest BCUT2D eigenvalue weighted by molar-refractivity contribution is 7.51. The molecule has 0 spiro atoms. The van der Waals surface area contributed by atoms with E-state index in [9.17, 15) is 9.67 Å². The summed E-state index contributed by atoms with van der Waals surface area (Å²) in [5.74, 6) is 1.12. The lowest BCUT2D eigenvalue weighted by Crippen LogP contribution is -2.32. The first-order chi connectivity index (χ1) is 14.3. The number of aromatic nitrogens is 3. The molecule has 0 fully saturated rings. The van der Waals surface area contributed by atoms with E-state index in [1.54, 1.807) is 7.11 Å². The van der Waals surface area contributed by atoms with Gasteiger partial charge in [0.15, 0.2) is 0 Å². The van der Waals surface area contributed by atoms with Gasteiger partial charge in [0.1, 0.15) is 23.5 Å². The SMILES string of the molecule is COc1ccc(-c2cn(CCN(CCO)CCP(=O)(O)O)c3ncnc(N)c23)cc1. The van der Waals surface area contributed by atoms with Crippen molar-refractivity contribution < 1.29 is 24.2 Å². The maximum absolute atomic E-state index is 11.2. The molecule has 30 heavy (non-hydrogen) atoms. The number of rotatable bonds is 10. The Morgan fingerprint density at radius 2 is 1.90 bits per heavy atom. The van der Waals surface area contributed by atoms with Crippen LogP contribution in [0.2, 0.25) is 0 Å². The summed E-state index contributed by atoms with van der Waals surface area (Å²) in [5.41, 5.74) is 8.64. The highest BCUT2D eigenvalue weighted by Gasteiger charge is 2.18. The van der Waals surface area contributed by atoms with Crippen LogP contribution in [0.5, 0.6) is 5.75 Å². The third kappa shape index (κ3) is 5.35. The van der Waals surface area contributed by atoms with Crippen molar-refractivity contribution in [1.82, 2.24) is 19.4 Å². The second-order valence-corrected chi connectivity index (χ2v) is 8.65. The van der Waals surface area contributed by atoms with Crippen LogP contribution in [0.3, 0.4) is 0 Å². The molecule has 5 N–H and O–H groups in total. The molecule has 0 aliphatic heterocycles. The van der Waals surface area contributed by atoms with Gasteiger partial charge in [-0.15, -0.1) is 0 Å². The summed E-state index contributed by atoms with van der Waals surface area (Å²) in [5, 5.41) is 10.0. The number of fused-ring (bicyclic) bond motifs is 1. The Morgan fingerprint density at radius 1 is 1.17 bits per heavy atom. The lowest BCUT2D eigenvalue weighted by molar-refractivity contribution is 0.196. The van der Waals surface area contributed by atoms with Gasteiger partial charge in [-0.1, -0.05) is 12.1 Å². The van der Waals surface area contributed by atoms with E-state index in [-0.39, 0.29) is 19.3 Å². The minimum atomic E-state index is -4.10. The van der Waals surface area contributed by atoms with Gasteiger partial charge in [0, 0.05) is 37.9 Å². The molecule has 2 heterocycles. The van der Waals surface area contributed by atoms with E-state index >= 15 is 0 Å². The Labute approximate surface area is 174 Å². The second kappa shape index (κ2) is 9.55. The van der Waals surface area contributed by atoms with E-state index in [4.69, 9.17) is 20.3 Å². The van der Waals surface area contributed by atoms with Gasteiger partial charge < -0.3 is 29.9 Å². The predicted molar refractivity (Wildman–Crippen MR) is 114 cm³/mol. The van der Waals surface area contributed by atoms with Crippen molar-refractivity contribution in [2.75, 3.05) is 45.2 Å². The molecule has 10 nitrogen and oxygen atoms in total. The Balaban J connectivity index is 1.88. The van der Waals surface area contributed by atoms with E-state index in [0.717, 1.165) is 22.3 Å². The second-order valence-electron chi connectivity index (χ2n) is 6.88. The summed E-state index contributed by atoms with van der Waals surface area (Å²) in [6.07, 6.45) is 3.09. The largest absolute Gasteiger partial charge is 0.497 e. The zero-order chi connectivity index (χ0) is 21.7. The number of anilines is 1. The lowest BCUT2D eigenvalue weighted by atomic mass is 10.1. The molecule has 0 aliphatic carbocycles. The molecule has 0 amide bonds. The normalized spacial score (nSPS) is 12.0. The maximum atomic E-state index is 11.2. The Kier molecular flexibility index (Phi) is 7.06. The number of hydrogen-bond donors (Lipinski definition) is 4. The van der Waals surface area contributed by atoms with Crippen molar-refractivity contribution in [3.05, 3.63) is 36.8 Å². The smallest absolute Gasteiger partial charge is 0.326 e. The third-order valence-corrected chi connectivity index (χ3v) is 5.65. The van der Waals surface area contributed by atoms with E-state index < -0.39 is 7.60 Å². The number of nitrogens with zero attached hydrogens (tertiary/aromatic N) is 4. The highest BCUT2D eigenvalue weighted by atomic mass is 31.2. The van der Waals surface area contributed by atoms with Crippen LogP contribution in [0.4, 0.5) is 5.82 Å². The summed E-state index contributed by atoms with van der Waals surface area (Å²) in [6.45, 7) is 1.40. The zero-order valence-electron chi connectivity index (χ0n) is 16.7.